The van der Waals surface area contributed by atoms with E-state index in [2.05, 4.69) is 149 Å². The van der Waals surface area contributed by atoms with Crippen LogP contribution in [0.2, 0.25) is 0 Å². The molecule has 0 aliphatic rings. The van der Waals surface area contributed by atoms with Crippen LogP contribution in [0, 0.1) is 48.5 Å². The van der Waals surface area contributed by atoms with Crippen molar-refractivity contribution in [3.63, 3.8) is 0 Å². The molecule has 0 unspecified atom stereocenters. The molecule has 0 fully saturated rings. The Morgan fingerprint density at radius 3 is 0.785 bits per heavy atom. The minimum Gasteiger partial charge on any atom is -0.507 e. The van der Waals surface area contributed by atoms with Gasteiger partial charge in [-0.15, -0.1) is 0 Å². The number of carbonyl (C=O) groups excluding carboxylic acids is 1. The summed E-state index contributed by atoms with van der Waals surface area (Å²) in [5.74, 6) is -1.04. The summed E-state index contributed by atoms with van der Waals surface area (Å²) in [6.45, 7) is 51.8. The van der Waals surface area contributed by atoms with Gasteiger partial charge in [-0.25, -0.2) is 9.59 Å². The number of benzene rings is 8. The van der Waals surface area contributed by atoms with Gasteiger partial charge >= 0.3 is 11.9 Å². The van der Waals surface area contributed by atoms with Gasteiger partial charge in [0, 0.05) is 36.8 Å². The molecule has 8 aromatic carbocycles. The Bertz CT molecular complexity index is 4180. The van der Waals surface area contributed by atoms with Gasteiger partial charge < -0.3 is 30.3 Å². The first-order valence-electron chi connectivity index (χ1n) is 33.0. The van der Waals surface area contributed by atoms with Crippen molar-refractivity contribution in [2.75, 3.05) is 0 Å². The minimum atomic E-state index is -1.20. The van der Waals surface area contributed by atoms with Crippen molar-refractivity contribution in [2.45, 2.75) is 231 Å². The van der Waals surface area contributed by atoms with E-state index in [1.807, 2.05) is 109 Å². The number of hydrogen-bond donors (Lipinski definition) is 5. The van der Waals surface area contributed by atoms with E-state index in [-0.39, 0.29) is 65.6 Å². The highest BCUT2D eigenvalue weighted by Crippen LogP contribution is 2.51. The second-order valence-corrected chi connectivity index (χ2v) is 33.2. The van der Waals surface area contributed by atoms with Crippen molar-refractivity contribution in [2.24, 2.45) is 0 Å². The Labute approximate surface area is 556 Å². The van der Waals surface area contributed by atoms with E-state index < -0.39 is 44.4 Å². The van der Waals surface area contributed by atoms with Crippen LogP contribution in [0.15, 0.2) is 97.1 Å². The summed E-state index contributed by atoms with van der Waals surface area (Å²) in [7, 11) is 0. The number of aromatic carboxylic acids is 1. The van der Waals surface area contributed by atoms with Crippen LogP contribution in [0.25, 0.3) is 22.3 Å². The predicted molar refractivity (Wildman–Crippen MR) is 385 cm³/mol. The highest BCUT2D eigenvalue weighted by molar-refractivity contribution is 6.11. The summed E-state index contributed by atoms with van der Waals surface area (Å²) in [6, 6.07) is 31.7. The highest BCUT2D eigenvalue weighted by Gasteiger charge is 2.37. The molecule has 0 amide bonds. The van der Waals surface area contributed by atoms with Crippen LogP contribution in [0.4, 0.5) is 0 Å². The van der Waals surface area contributed by atoms with Gasteiger partial charge in [-0.05, 0) is 182 Å². The van der Waals surface area contributed by atoms with Crippen LogP contribution in [0.1, 0.15) is 262 Å². The molecule has 8 heteroatoms. The maximum Gasteiger partial charge on any atom is 0.344 e. The molecule has 93 heavy (non-hydrogen) atoms. The zero-order valence-corrected chi connectivity index (χ0v) is 60.5. The van der Waals surface area contributed by atoms with E-state index in [1.54, 1.807) is 6.07 Å². The third kappa shape index (κ3) is 15.1. The number of carboxylic acids is 1. The van der Waals surface area contributed by atoms with Gasteiger partial charge in [0.2, 0.25) is 0 Å². The van der Waals surface area contributed by atoms with Crippen LogP contribution in [0.5, 0.6) is 28.7 Å². The molecule has 0 saturated heterocycles. The molecule has 8 aromatic rings. The smallest absolute Gasteiger partial charge is 0.344 e. The Morgan fingerprint density at radius 2 is 0.516 bits per heavy atom. The van der Waals surface area contributed by atoms with E-state index >= 15 is 4.79 Å². The monoisotopic (exact) mass is 1250 g/mol. The molecule has 0 spiro atoms. The van der Waals surface area contributed by atoms with Gasteiger partial charge in [-0.3, -0.25) is 0 Å². The summed E-state index contributed by atoms with van der Waals surface area (Å²) in [4.78, 5) is 31.7. The fourth-order valence-corrected chi connectivity index (χ4v) is 13.8. The molecule has 492 valence electrons. The van der Waals surface area contributed by atoms with E-state index in [0.29, 0.717) is 55.6 Å². The van der Waals surface area contributed by atoms with Crippen molar-refractivity contribution in [3.05, 3.63) is 225 Å². The average molecular weight is 1250 g/mol. The third-order valence-electron chi connectivity index (χ3n) is 18.2. The predicted octanol–water partition coefficient (Wildman–Crippen LogP) is 21.1. The van der Waals surface area contributed by atoms with Gasteiger partial charge in [-0.1, -0.05) is 249 Å². The standard InChI is InChI=1S/C85H104O8/c1-46-34-59(44-57-32-51(6)40-67(75(57)88)84(20,21)22)77(60(35-46)45-58-33-52(7)41-68(76(58)89)85(23,24)25)93-79(92)62-27-26-61(78(90)91)71(69-53(28-47(2)36-63(69)80(8,9)10)42-55-30-49(4)38-65(73(55)86)82(14,15)16)72(62)70-54(29-48(3)37-64(70)81(11,12)13)43-56-31-50(5)39-66(74(56)87)83(17,18)19/h26-41,86-89H,42-45H2,1-25H3,(H,90,91). The highest BCUT2D eigenvalue weighted by atomic mass is 16.5. The number of carboxylic acid groups (broad SMARTS) is 1. The van der Waals surface area contributed by atoms with Crippen LogP contribution >= 0.6 is 0 Å². The molecule has 0 heterocycles. The Kier molecular flexibility index (Phi) is 19.3. The third-order valence-corrected chi connectivity index (χ3v) is 18.2. The molecule has 8 rings (SSSR count). The number of carbonyl (C=O) groups is 2. The van der Waals surface area contributed by atoms with Crippen molar-refractivity contribution in [1.29, 1.82) is 0 Å². The molecule has 0 saturated carbocycles. The second kappa shape index (κ2) is 25.3. The Balaban J connectivity index is 1.58. The molecular weight excluding hydrogens is 1150 g/mol. The lowest BCUT2D eigenvalue weighted by Crippen LogP contribution is -2.21. The SMILES string of the molecule is Cc1cc(Cc2cc(C)cc(C(C)(C)C)c2O)c(OC(=O)c2ccc(C(=O)O)c(-c3c(Cc4cc(C)cc(C(C)(C)C)c4O)cc(C)cc3C(C)(C)C)c2-c2c(Cc3cc(C)cc(C(C)(C)C)c3O)cc(C)cc2C(C)(C)C)c(Cc2cc(C)cc(C(C)(C)C)c2O)c1. The number of phenols is 4. The van der Waals surface area contributed by atoms with E-state index in [4.69, 9.17) is 4.74 Å². The number of rotatable bonds is 13. The second-order valence-electron chi connectivity index (χ2n) is 33.2. The normalized spacial score (nSPS) is 12.6. The number of aromatic hydroxyl groups is 4. The maximum absolute atomic E-state index is 16.9. The van der Waals surface area contributed by atoms with Crippen LogP contribution in [-0.4, -0.2) is 37.5 Å². The first-order chi connectivity index (χ1) is 42.6. The van der Waals surface area contributed by atoms with Gasteiger partial charge in [0.05, 0.1) is 11.1 Å². The Hall–Kier alpha value is -8.10. The topological polar surface area (TPSA) is 145 Å². The Morgan fingerprint density at radius 1 is 0.301 bits per heavy atom. The maximum atomic E-state index is 16.9. The zero-order valence-electron chi connectivity index (χ0n) is 60.5. The average Bonchev–Trinajstić information content (AvgIpc) is 0.725. The fourth-order valence-electron chi connectivity index (χ4n) is 13.8. The molecule has 0 bridgehead atoms. The van der Waals surface area contributed by atoms with Gasteiger partial charge in [0.25, 0.3) is 0 Å². The molecule has 0 radical (unpaired) electrons. The van der Waals surface area contributed by atoms with Crippen LogP contribution in [-0.2, 0) is 58.2 Å². The van der Waals surface area contributed by atoms with Crippen molar-refractivity contribution < 1.29 is 39.9 Å². The molecule has 0 aliphatic carbocycles. The van der Waals surface area contributed by atoms with Gasteiger partial charge in [0.15, 0.2) is 0 Å². The van der Waals surface area contributed by atoms with E-state index in [1.165, 1.54) is 6.07 Å². The first kappa shape index (κ1) is 70.8. The van der Waals surface area contributed by atoms with Gasteiger partial charge in [0.1, 0.15) is 28.7 Å². The number of ether oxygens (including phenoxy) is 1. The summed E-state index contributed by atoms with van der Waals surface area (Å²) in [5.41, 5.74) is 16.0. The van der Waals surface area contributed by atoms with Gasteiger partial charge in [-0.2, -0.15) is 0 Å². The molecule has 5 N–H and O–H groups in total. The minimum absolute atomic E-state index is 0.0355. The molecular formula is C85H104O8. The van der Waals surface area contributed by atoms with Crippen molar-refractivity contribution in [3.8, 4) is 51.0 Å². The number of aryl methyl sites for hydroxylation is 7. The fraction of sp³-hybridized carbons (Fsp3) is 0.412. The number of hydrogen-bond acceptors (Lipinski definition) is 7. The lowest BCUT2D eigenvalue weighted by molar-refractivity contribution is 0.0692. The summed E-state index contributed by atoms with van der Waals surface area (Å²) < 4.78 is 7.24. The number of esters is 1. The molecule has 8 nitrogen and oxygen atoms in total. The largest absolute Gasteiger partial charge is 0.507 e. The van der Waals surface area contributed by atoms with Crippen molar-refractivity contribution in [1.82, 2.24) is 0 Å². The lowest BCUT2D eigenvalue weighted by atomic mass is 9.71. The summed E-state index contributed by atoms with van der Waals surface area (Å²) in [6.07, 6.45) is 0.772. The lowest BCUT2D eigenvalue weighted by Gasteiger charge is -2.32. The summed E-state index contributed by atoms with van der Waals surface area (Å²) in [5, 5.41) is 61.5. The number of phenolic OH excluding ortho intramolecular Hbond substituents is 4. The van der Waals surface area contributed by atoms with Crippen molar-refractivity contribution >= 4 is 11.9 Å². The van der Waals surface area contributed by atoms with E-state index in [0.717, 1.165) is 83.5 Å². The van der Waals surface area contributed by atoms with Crippen LogP contribution < -0.4 is 4.74 Å². The molecule has 0 aliphatic heterocycles. The van der Waals surface area contributed by atoms with E-state index in [9.17, 15) is 30.3 Å². The molecule has 0 atom stereocenters. The molecule has 0 aromatic heterocycles. The first-order valence-corrected chi connectivity index (χ1v) is 33.0. The summed E-state index contributed by atoms with van der Waals surface area (Å²) >= 11 is 0. The van der Waals surface area contributed by atoms with Crippen LogP contribution in [0.3, 0.4) is 0 Å². The quantitative estimate of drug-likeness (QED) is 0.0567. The zero-order chi connectivity index (χ0) is 69.5.